The van der Waals surface area contributed by atoms with Crippen molar-refractivity contribution in [3.05, 3.63) is 46.2 Å². The van der Waals surface area contributed by atoms with Crippen molar-refractivity contribution in [1.29, 1.82) is 0 Å². The lowest BCUT2D eigenvalue weighted by Crippen LogP contribution is -2.22. The summed E-state index contributed by atoms with van der Waals surface area (Å²) in [5.74, 6) is -0.203. The molecule has 0 spiro atoms. The molecule has 2 heterocycles. The predicted molar refractivity (Wildman–Crippen MR) is 107 cm³/mol. The van der Waals surface area contributed by atoms with Crippen LogP contribution in [0.15, 0.2) is 40.3 Å². The number of thiophene rings is 1. The van der Waals surface area contributed by atoms with Crippen LogP contribution >= 0.6 is 23.1 Å². The minimum atomic E-state index is -0.335. The Bertz CT molecular complexity index is 990. The van der Waals surface area contributed by atoms with E-state index in [1.807, 2.05) is 19.9 Å². The molecule has 0 saturated carbocycles. The Kier molecular flexibility index (Phi) is 5.78. The van der Waals surface area contributed by atoms with Gasteiger partial charge in [-0.3, -0.25) is 14.2 Å². The van der Waals surface area contributed by atoms with Gasteiger partial charge in [-0.15, -0.1) is 11.3 Å². The third kappa shape index (κ3) is 3.83. The highest BCUT2D eigenvalue weighted by atomic mass is 32.2. The number of nitrogens with zero attached hydrogens (tertiary/aromatic N) is 2. The van der Waals surface area contributed by atoms with Gasteiger partial charge >= 0.3 is 5.97 Å². The van der Waals surface area contributed by atoms with Gasteiger partial charge in [-0.1, -0.05) is 48.5 Å². The number of aromatic nitrogens is 2. The zero-order valence-electron chi connectivity index (χ0n) is 14.9. The van der Waals surface area contributed by atoms with Crippen LogP contribution in [-0.4, -0.2) is 28.4 Å². The van der Waals surface area contributed by atoms with Crippen LogP contribution in [0.25, 0.3) is 20.7 Å². The van der Waals surface area contributed by atoms with E-state index < -0.39 is 0 Å². The number of carbonyl (C=O) groups is 1. The molecule has 0 N–H and O–H groups in total. The maximum atomic E-state index is 13.0. The standard InChI is InChI=1S/C19H20N2O3S2/c1-4-9-21-18(23)17-14(20-19(21)25-11-16(22)24-3)10-15(26-17)13-7-5-12(2)6-8-13/h5-8,10H,4,9,11H2,1-3H3. The molecule has 3 rings (SSSR count). The number of aryl methyl sites for hydroxylation is 1. The molecule has 0 aliphatic rings. The molecule has 0 bridgehead atoms. The molecule has 0 amide bonds. The van der Waals surface area contributed by atoms with Gasteiger partial charge in [-0.25, -0.2) is 4.98 Å². The van der Waals surface area contributed by atoms with Crippen molar-refractivity contribution < 1.29 is 9.53 Å². The van der Waals surface area contributed by atoms with Gasteiger partial charge in [-0.2, -0.15) is 0 Å². The van der Waals surface area contributed by atoms with Crippen LogP contribution in [0, 0.1) is 6.92 Å². The predicted octanol–water partition coefficient (Wildman–Crippen LogP) is 4.11. The van der Waals surface area contributed by atoms with Crippen LogP contribution in [0.4, 0.5) is 0 Å². The summed E-state index contributed by atoms with van der Waals surface area (Å²) in [5.41, 5.74) is 2.89. The molecule has 0 unspecified atom stereocenters. The molecule has 1 aromatic carbocycles. The summed E-state index contributed by atoms with van der Waals surface area (Å²) in [4.78, 5) is 30.1. The molecular formula is C19H20N2O3S2. The van der Waals surface area contributed by atoms with Crippen LogP contribution in [0.3, 0.4) is 0 Å². The minimum Gasteiger partial charge on any atom is -0.468 e. The zero-order valence-corrected chi connectivity index (χ0v) is 16.6. The molecule has 0 saturated heterocycles. The molecule has 0 aliphatic heterocycles. The van der Waals surface area contributed by atoms with Crippen LogP contribution in [-0.2, 0) is 16.1 Å². The molecule has 5 nitrogen and oxygen atoms in total. The Balaban J connectivity index is 2.07. The zero-order chi connectivity index (χ0) is 18.7. The van der Waals surface area contributed by atoms with E-state index in [9.17, 15) is 9.59 Å². The van der Waals surface area contributed by atoms with E-state index >= 15 is 0 Å². The molecule has 2 aromatic heterocycles. The molecule has 0 fully saturated rings. The number of fused-ring (bicyclic) bond motifs is 1. The van der Waals surface area contributed by atoms with Gasteiger partial charge in [0.05, 0.1) is 18.4 Å². The van der Waals surface area contributed by atoms with Crippen LogP contribution < -0.4 is 5.56 Å². The Morgan fingerprint density at radius 3 is 2.69 bits per heavy atom. The number of ether oxygens (including phenoxy) is 1. The SMILES string of the molecule is CCCn1c(SCC(=O)OC)nc2cc(-c3ccc(C)cc3)sc2c1=O. The summed E-state index contributed by atoms with van der Waals surface area (Å²) < 4.78 is 7.00. The van der Waals surface area contributed by atoms with E-state index in [1.165, 1.54) is 35.8 Å². The summed E-state index contributed by atoms with van der Waals surface area (Å²) in [6.07, 6.45) is 0.815. The summed E-state index contributed by atoms with van der Waals surface area (Å²) in [7, 11) is 1.35. The van der Waals surface area contributed by atoms with Gasteiger partial charge in [-0.05, 0) is 25.0 Å². The second kappa shape index (κ2) is 8.05. The summed E-state index contributed by atoms with van der Waals surface area (Å²) in [6, 6.07) is 10.2. The van der Waals surface area contributed by atoms with Crippen molar-refractivity contribution in [1.82, 2.24) is 9.55 Å². The number of carbonyl (C=O) groups excluding carboxylic acids is 1. The topological polar surface area (TPSA) is 61.2 Å². The quantitative estimate of drug-likeness (QED) is 0.361. The number of hydrogen-bond acceptors (Lipinski definition) is 6. The second-order valence-corrected chi connectivity index (χ2v) is 7.90. The van der Waals surface area contributed by atoms with Crippen molar-refractivity contribution in [2.75, 3.05) is 12.9 Å². The molecule has 3 aromatic rings. The van der Waals surface area contributed by atoms with E-state index in [0.717, 1.165) is 16.9 Å². The van der Waals surface area contributed by atoms with Crippen molar-refractivity contribution in [3.8, 4) is 10.4 Å². The fraction of sp³-hybridized carbons (Fsp3) is 0.316. The molecule has 26 heavy (non-hydrogen) atoms. The molecule has 136 valence electrons. The normalized spacial score (nSPS) is 11.0. The lowest BCUT2D eigenvalue weighted by Gasteiger charge is -2.10. The Morgan fingerprint density at radius 2 is 2.04 bits per heavy atom. The first kappa shape index (κ1) is 18.7. The molecule has 0 atom stereocenters. The number of benzene rings is 1. The fourth-order valence-corrected chi connectivity index (χ4v) is 4.47. The highest BCUT2D eigenvalue weighted by molar-refractivity contribution is 7.99. The van der Waals surface area contributed by atoms with Crippen molar-refractivity contribution in [3.63, 3.8) is 0 Å². The monoisotopic (exact) mass is 388 g/mol. The molecule has 7 heteroatoms. The maximum Gasteiger partial charge on any atom is 0.316 e. The van der Waals surface area contributed by atoms with Crippen molar-refractivity contribution >= 4 is 39.3 Å². The lowest BCUT2D eigenvalue weighted by molar-refractivity contribution is -0.137. The minimum absolute atomic E-state index is 0.0485. The molecular weight excluding hydrogens is 368 g/mol. The van der Waals surface area contributed by atoms with E-state index in [-0.39, 0.29) is 17.3 Å². The second-order valence-electron chi connectivity index (χ2n) is 5.91. The first-order chi connectivity index (χ1) is 12.5. The highest BCUT2D eigenvalue weighted by Crippen LogP contribution is 2.32. The van der Waals surface area contributed by atoms with E-state index in [2.05, 4.69) is 34.0 Å². The fourth-order valence-electron chi connectivity index (χ4n) is 2.56. The maximum absolute atomic E-state index is 13.0. The number of esters is 1. The average Bonchev–Trinajstić information content (AvgIpc) is 3.07. The van der Waals surface area contributed by atoms with Gasteiger partial charge in [0.2, 0.25) is 0 Å². The van der Waals surface area contributed by atoms with Crippen LogP contribution in [0.2, 0.25) is 0 Å². The summed E-state index contributed by atoms with van der Waals surface area (Å²) in [6.45, 7) is 4.63. The van der Waals surface area contributed by atoms with E-state index in [4.69, 9.17) is 0 Å². The van der Waals surface area contributed by atoms with E-state index in [0.29, 0.717) is 21.9 Å². The largest absolute Gasteiger partial charge is 0.468 e. The number of hydrogen-bond donors (Lipinski definition) is 0. The van der Waals surface area contributed by atoms with Gasteiger partial charge in [0.25, 0.3) is 5.56 Å². The Morgan fingerprint density at radius 1 is 1.31 bits per heavy atom. The van der Waals surface area contributed by atoms with Crippen LogP contribution in [0.5, 0.6) is 0 Å². The third-order valence-corrected chi connectivity index (χ3v) is 6.04. The van der Waals surface area contributed by atoms with E-state index in [1.54, 1.807) is 4.57 Å². The summed E-state index contributed by atoms with van der Waals surface area (Å²) >= 11 is 2.70. The highest BCUT2D eigenvalue weighted by Gasteiger charge is 2.16. The van der Waals surface area contributed by atoms with Crippen molar-refractivity contribution in [2.45, 2.75) is 32.0 Å². The first-order valence-corrected chi connectivity index (χ1v) is 10.1. The Hall–Kier alpha value is -2.12. The molecule has 0 radical (unpaired) electrons. The number of methoxy groups -OCH3 is 1. The summed E-state index contributed by atoms with van der Waals surface area (Å²) in [5, 5.41) is 0.558. The van der Waals surface area contributed by atoms with Gasteiger partial charge in [0.1, 0.15) is 4.70 Å². The smallest absolute Gasteiger partial charge is 0.316 e. The van der Waals surface area contributed by atoms with Gasteiger partial charge < -0.3 is 4.74 Å². The van der Waals surface area contributed by atoms with Crippen LogP contribution in [0.1, 0.15) is 18.9 Å². The number of rotatable bonds is 6. The van der Waals surface area contributed by atoms with Gasteiger partial charge in [0.15, 0.2) is 5.16 Å². The third-order valence-electron chi connectivity index (χ3n) is 3.93. The molecule has 0 aliphatic carbocycles. The van der Waals surface area contributed by atoms with Gasteiger partial charge in [0, 0.05) is 11.4 Å². The Labute approximate surface area is 160 Å². The lowest BCUT2D eigenvalue weighted by atomic mass is 10.1. The first-order valence-electron chi connectivity index (χ1n) is 8.34. The van der Waals surface area contributed by atoms with Crippen molar-refractivity contribution in [2.24, 2.45) is 0 Å². The number of thioether (sulfide) groups is 1. The average molecular weight is 389 g/mol.